The number of fused-ring (bicyclic) bond motifs is 3. The van der Waals surface area contributed by atoms with Crippen LogP contribution in [0.1, 0.15) is 36.4 Å². The van der Waals surface area contributed by atoms with Gasteiger partial charge in [-0.2, -0.15) is 0 Å². The van der Waals surface area contributed by atoms with E-state index >= 15 is 0 Å². The van der Waals surface area contributed by atoms with Crippen molar-refractivity contribution in [2.45, 2.75) is 25.3 Å². The summed E-state index contributed by atoms with van der Waals surface area (Å²) in [5, 5.41) is 4.52. The molecule has 3 heteroatoms. The molecule has 0 radical (unpaired) electrons. The average Bonchev–Trinajstić information content (AvgIpc) is 3.05. The molecule has 0 saturated carbocycles. The predicted octanol–water partition coefficient (Wildman–Crippen LogP) is 5.57. The van der Waals surface area contributed by atoms with Gasteiger partial charge in [-0.1, -0.05) is 35.9 Å². The molecule has 1 aliphatic heterocycles. The van der Waals surface area contributed by atoms with Crippen LogP contribution in [-0.2, 0) is 0 Å². The van der Waals surface area contributed by atoms with Crippen molar-refractivity contribution in [1.29, 1.82) is 0 Å². The topological polar surface area (TPSA) is 21.3 Å². The number of benzene rings is 2. The highest BCUT2D eigenvalue weighted by atomic mass is 35.5. The van der Waals surface area contributed by atoms with E-state index in [-0.39, 0.29) is 0 Å². The van der Waals surface area contributed by atoms with E-state index in [0.717, 1.165) is 17.2 Å². The third kappa shape index (κ3) is 2.61. The molecule has 0 aromatic heterocycles. The Bertz CT molecular complexity index is 738. The molecule has 3 atom stereocenters. The third-order valence-corrected chi connectivity index (χ3v) is 5.13. The van der Waals surface area contributed by atoms with Crippen LogP contribution in [0.3, 0.4) is 0 Å². The molecule has 1 N–H and O–H groups in total. The van der Waals surface area contributed by atoms with E-state index in [1.807, 2.05) is 25.1 Å². The van der Waals surface area contributed by atoms with Crippen molar-refractivity contribution in [3.8, 4) is 5.75 Å². The maximum atomic E-state index is 6.04. The van der Waals surface area contributed by atoms with Crippen LogP contribution in [0.15, 0.2) is 54.6 Å². The minimum absolute atomic E-state index is 0.317. The highest BCUT2D eigenvalue weighted by Crippen LogP contribution is 2.50. The van der Waals surface area contributed by atoms with Gasteiger partial charge in [0.05, 0.1) is 12.6 Å². The summed E-state index contributed by atoms with van der Waals surface area (Å²) >= 11 is 6.04. The number of halogens is 1. The molecule has 2 aromatic carbocycles. The van der Waals surface area contributed by atoms with E-state index in [1.54, 1.807) is 0 Å². The van der Waals surface area contributed by atoms with Crippen molar-refractivity contribution in [3.05, 3.63) is 70.8 Å². The number of allylic oxidation sites excluding steroid dienone is 2. The van der Waals surface area contributed by atoms with Gasteiger partial charge in [0.1, 0.15) is 5.75 Å². The number of hydrogen-bond donors (Lipinski definition) is 1. The SMILES string of the molecule is CCOc1ccc2c(c1)[C@@H]1C=CC[C@@H]1[C@@H](c1ccc(Cl)cc1)N2. The van der Waals surface area contributed by atoms with E-state index in [2.05, 4.69) is 41.7 Å². The van der Waals surface area contributed by atoms with Crippen LogP contribution in [0.4, 0.5) is 5.69 Å². The maximum absolute atomic E-state index is 6.04. The normalized spacial score (nSPS) is 24.7. The summed E-state index contributed by atoms with van der Waals surface area (Å²) < 4.78 is 5.68. The quantitative estimate of drug-likeness (QED) is 0.745. The number of anilines is 1. The van der Waals surface area contributed by atoms with Crippen LogP contribution in [0.25, 0.3) is 0 Å². The van der Waals surface area contributed by atoms with E-state index in [0.29, 0.717) is 24.5 Å². The minimum atomic E-state index is 0.317. The molecule has 1 heterocycles. The van der Waals surface area contributed by atoms with Gasteiger partial charge in [-0.15, -0.1) is 0 Å². The molecule has 0 saturated heterocycles. The Morgan fingerprint density at radius 1 is 1.17 bits per heavy atom. The fraction of sp³-hybridized carbons (Fsp3) is 0.300. The molecule has 2 aromatic rings. The Morgan fingerprint density at radius 2 is 2.00 bits per heavy atom. The smallest absolute Gasteiger partial charge is 0.119 e. The standard InChI is InChI=1S/C20H20ClNO/c1-2-23-15-10-11-19-18(12-15)16-4-3-5-17(16)20(22-19)13-6-8-14(21)9-7-13/h3-4,6-12,16-17,20,22H,2,5H2,1H3/t16-,17+,20-/m1/s1. The lowest BCUT2D eigenvalue weighted by molar-refractivity contribution is 0.338. The molecule has 1 aliphatic carbocycles. The number of nitrogens with one attached hydrogen (secondary N) is 1. The van der Waals surface area contributed by atoms with E-state index in [9.17, 15) is 0 Å². The van der Waals surface area contributed by atoms with E-state index in [1.165, 1.54) is 16.8 Å². The minimum Gasteiger partial charge on any atom is -0.494 e. The first kappa shape index (κ1) is 14.6. The molecular formula is C20H20ClNO. The summed E-state index contributed by atoms with van der Waals surface area (Å²) in [5.74, 6) is 1.95. The van der Waals surface area contributed by atoms with Gasteiger partial charge >= 0.3 is 0 Å². The van der Waals surface area contributed by atoms with E-state index < -0.39 is 0 Å². The molecule has 0 bridgehead atoms. The van der Waals surface area contributed by atoms with Crippen molar-refractivity contribution >= 4 is 17.3 Å². The van der Waals surface area contributed by atoms with Crippen molar-refractivity contribution < 1.29 is 4.74 Å². The van der Waals surface area contributed by atoms with Gasteiger partial charge in [-0.05, 0) is 60.7 Å². The number of rotatable bonds is 3. The Kier molecular flexibility index (Phi) is 3.78. The molecule has 2 aliphatic rings. The molecule has 4 rings (SSSR count). The Hall–Kier alpha value is -1.93. The molecule has 0 amide bonds. The molecule has 2 nitrogen and oxygen atoms in total. The first-order chi connectivity index (χ1) is 11.3. The summed E-state index contributed by atoms with van der Waals surface area (Å²) in [6.45, 7) is 2.72. The van der Waals surface area contributed by atoms with Crippen LogP contribution < -0.4 is 10.1 Å². The molecule has 0 unspecified atom stereocenters. The zero-order valence-electron chi connectivity index (χ0n) is 13.1. The van der Waals surface area contributed by atoms with Gasteiger partial charge in [-0.25, -0.2) is 0 Å². The summed E-state index contributed by atoms with van der Waals surface area (Å²) in [4.78, 5) is 0. The fourth-order valence-electron chi connectivity index (χ4n) is 3.83. The molecule has 0 spiro atoms. The van der Waals surface area contributed by atoms with Gasteiger partial charge in [0, 0.05) is 16.6 Å². The van der Waals surface area contributed by atoms with Crippen molar-refractivity contribution in [1.82, 2.24) is 0 Å². The Balaban J connectivity index is 1.72. The molecule has 118 valence electrons. The second-order valence-corrected chi connectivity index (χ2v) is 6.65. The Morgan fingerprint density at radius 3 is 2.78 bits per heavy atom. The summed E-state index contributed by atoms with van der Waals surface area (Å²) in [6.07, 6.45) is 5.76. The fourth-order valence-corrected chi connectivity index (χ4v) is 3.96. The van der Waals surface area contributed by atoms with Crippen LogP contribution in [-0.4, -0.2) is 6.61 Å². The van der Waals surface area contributed by atoms with Crippen molar-refractivity contribution in [2.75, 3.05) is 11.9 Å². The van der Waals surface area contributed by atoms with E-state index in [4.69, 9.17) is 16.3 Å². The zero-order valence-corrected chi connectivity index (χ0v) is 13.9. The second kappa shape index (κ2) is 5.93. The summed E-state index contributed by atoms with van der Waals surface area (Å²) in [7, 11) is 0. The monoisotopic (exact) mass is 325 g/mol. The zero-order chi connectivity index (χ0) is 15.8. The van der Waals surface area contributed by atoms with Gasteiger partial charge in [0.25, 0.3) is 0 Å². The first-order valence-electron chi connectivity index (χ1n) is 8.21. The first-order valence-corrected chi connectivity index (χ1v) is 8.59. The van der Waals surface area contributed by atoms with Crippen molar-refractivity contribution in [3.63, 3.8) is 0 Å². The number of ether oxygens (including phenoxy) is 1. The largest absolute Gasteiger partial charge is 0.494 e. The highest BCUT2D eigenvalue weighted by Gasteiger charge is 2.37. The van der Waals surface area contributed by atoms with Crippen LogP contribution >= 0.6 is 11.6 Å². The van der Waals surface area contributed by atoms with Gasteiger partial charge < -0.3 is 10.1 Å². The van der Waals surface area contributed by atoms with Crippen LogP contribution in [0.2, 0.25) is 5.02 Å². The predicted molar refractivity (Wildman–Crippen MR) is 95.4 cm³/mol. The second-order valence-electron chi connectivity index (χ2n) is 6.21. The molecule has 0 fully saturated rings. The van der Waals surface area contributed by atoms with Crippen LogP contribution in [0, 0.1) is 5.92 Å². The van der Waals surface area contributed by atoms with Gasteiger partial charge in [-0.3, -0.25) is 0 Å². The highest BCUT2D eigenvalue weighted by molar-refractivity contribution is 6.30. The van der Waals surface area contributed by atoms with Crippen molar-refractivity contribution in [2.24, 2.45) is 5.92 Å². The summed E-state index contributed by atoms with van der Waals surface area (Å²) in [6, 6.07) is 14.9. The third-order valence-electron chi connectivity index (χ3n) is 4.87. The van der Waals surface area contributed by atoms with Crippen LogP contribution in [0.5, 0.6) is 5.75 Å². The Labute approximate surface area is 142 Å². The summed E-state index contributed by atoms with van der Waals surface area (Å²) in [5.41, 5.74) is 3.86. The molecule has 23 heavy (non-hydrogen) atoms. The number of hydrogen-bond acceptors (Lipinski definition) is 2. The lowest BCUT2D eigenvalue weighted by Gasteiger charge is -2.37. The van der Waals surface area contributed by atoms with Gasteiger partial charge in [0.2, 0.25) is 0 Å². The maximum Gasteiger partial charge on any atom is 0.119 e. The average molecular weight is 326 g/mol. The van der Waals surface area contributed by atoms with Gasteiger partial charge in [0.15, 0.2) is 0 Å². The lowest BCUT2D eigenvalue weighted by Crippen LogP contribution is -2.29. The lowest BCUT2D eigenvalue weighted by atomic mass is 9.77. The molecular weight excluding hydrogens is 306 g/mol.